The van der Waals surface area contributed by atoms with E-state index in [1.807, 2.05) is 26.2 Å². The summed E-state index contributed by atoms with van der Waals surface area (Å²) < 4.78 is 0. The van der Waals surface area contributed by atoms with Gasteiger partial charge in [-0.05, 0) is 52.9 Å². The molecule has 1 aromatic rings. The molecule has 0 bridgehead atoms. The first-order chi connectivity index (χ1) is 9.81. The van der Waals surface area contributed by atoms with Crippen molar-refractivity contribution in [2.75, 3.05) is 26.0 Å². The van der Waals surface area contributed by atoms with Crippen molar-refractivity contribution < 1.29 is 4.79 Å². The minimum atomic E-state index is -0.0428. The summed E-state index contributed by atoms with van der Waals surface area (Å²) in [5.74, 6) is 0.122. The fourth-order valence-corrected chi connectivity index (χ4v) is 2.51. The summed E-state index contributed by atoms with van der Waals surface area (Å²) in [6.07, 6.45) is 0.804. The van der Waals surface area contributed by atoms with E-state index in [9.17, 15) is 4.79 Å². The topological polar surface area (TPSA) is 44.4 Å². The maximum atomic E-state index is 12.5. The molecule has 0 aromatic heterocycles. The molecule has 4 heteroatoms. The number of carbonyl (C=O) groups excluding carboxylic acids is 1. The van der Waals surface area contributed by atoms with Crippen LogP contribution in [0.4, 0.5) is 5.69 Å². The Morgan fingerprint density at radius 2 is 2.05 bits per heavy atom. The van der Waals surface area contributed by atoms with Gasteiger partial charge in [0.2, 0.25) is 5.91 Å². The number of para-hydroxylation sites is 1. The summed E-state index contributed by atoms with van der Waals surface area (Å²) in [4.78, 5) is 14.6. The Morgan fingerprint density at radius 1 is 1.38 bits per heavy atom. The van der Waals surface area contributed by atoms with Crippen LogP contribution in [0, 0.1) is 5.92 Å². The van der Waals surface area contributed by atoms with E-state index < -0.39 is 0 Å². The van der Waals surface area contributed by atoms with Gasteiger partial charge >= 0.3 is 0 Å². The quantitative estimate of drug-likeness (QED) is 0.892. The fraction of sp³-hybridized carbons (Fsp3) is 0.588. The van der Waals surface area contributed by atoms with Crippen LogP contribution in [0.25, 0.3) is 0 Å². The average molecular weight is 289 g/mol. The van der Waals surface area contributed by atoms with Crippen LogP contribution in [-0.2, 0) is 11.2 Å². The molecule has 0 aliphatic carbocycles. The molecule has 0 fully saturated rings. The molecular weight excluding hydrogens is 262 g/mol. The smallest absolute Gasteiger partial charge is 0.225 e. The first kappa shape index (κ1) is 15.8. The zero-order valence-corrected chi connectivity index (χ0v) is 13.7. The minimum Gasteiger partial charge on any atom is -0.382 e. The molecule has 2 unspecified atom stereocenters. The summed E-state index contributed by atoms with van der Waals surface area (Å²) in [5.41, 5.74) is 2.34. The molecule has 1 aliphatic heterocycles. The van der Waals surface area contributed by atoms with Crippen molar-refractivity contribution in [3.63, 3.8) is 0 Å². The number of fused-ring (bicyclic) bond motifs is 1. The molecule has 0 saturated heterocycles. The zero-order valence-electron chi connectivity index (χ0n) is 13.7. The number of nitrogens with zero attached hydrogens (tertiary/aromatic N) is 1. The third-order valence-corrected chi connectivity index (χ3v) is 4.69. The predicted octanol–water partition coefficient (Wildman–Crippen LogP) is 2.12. The highest BCUT2D eigenvalue weighted by Gasteiger charge is 2.31. The number of hydrogen-bond donors (Lipinski definition) is 2. The van der Waals surface area contributed by atoms with Gasteiger partial charge in [-0.2, -0.15) is 0 Å². The highest BCUT2D eigenvalue weighted by molar-refractivity contribution is 5.81. The molecule has 0 radical (unpaired) electrons. The number of nitrogens with one attached hydrogen (secondary N) is 2. The van der Waals surface area contributed by atoms with E-state index in [0.29, 0.717) is 6.54 Å². The van der Waals surface area contributed by atoms with Crippen LogP contribution >= 0.6 is 0 Å². The summed E-state index contributed by atoms with van der Waals surface area (Å²) >= 11 is 0. The van der Waals surface area contributed by atoms with Gasteiger partial charge in [0, 0.05) is 23.8 Å². The number of likely N-dealkylation sites (N-methyl/N-ethyl adjacent to an activating group) is 1. The Balaban J connectivity index is 2.01. The highest BCUT2D eigenvalue weighted by atomic mass is 16.1. The molecule has 1 aromatic carbocycles. The van der Waals surface area contributed by atoms with Crippen molar-refractivity contribution in [3.8, 4) is 0 Å². The van der Waals surface area contributed by atoms with Crippen molar-refractivity contribution >= 4 is 11.6 Å². The van der Waals surface area contributed by atoms with Gasteiger partial charge in [-0.15, -0.1) is 0 Å². The van der Waals surface area contributed by atoms with E-state index in [2.05, 4.69) is 48.4 Å². The van der Waals surface area contributed by atoms with Gasteiger partial charge in [0.05, 0.1) is 5.92 Å². The zero-order chi connectivity index (χ0) is 15.6. The third kappa shape index (κ3) is 3.56. The number of carbonyl (C=O) groups is 1. The lowest BCUT2D eigenvalue weighted by Gasteiger charge is -2.35. The van der Waals surface area contributed by atoms with Crippen LogP contribution in [-0.4, -0.2) is 43.0 Å². The number of rotatable bonds is 4. The summed E-state index contributed by atoms with van der Waals surface area (Å²) in [7, 11) is 4.07. The largest absolute Gasteiger partial charge is 0.382 e. The first-order valence-electron chi connectivity index (χ1n) is 7.61. The van der Waals surface area contributed by atoms with E-state index in [1.165, 1.54) is 5.56 Å². The SMILES string of the molecule is CC1Nc2ccccc2CC1C(=O)NCC(C)(C)N(C)C. The lowest BCUT2D eigenvalue weighted by atomic mass is 9.87. The van der Waals surface area contributed by atoms with Crippen LogP contribution in [0.15, 0.2) is 24.3 Å². The number of anilines is 1. The van der Waals surface area contributed by atoms with Crippen molar-refractivity contribution in [1.82, 2.24) is 10.2 Å². The van der Waals surface area contributed by atoms with Gasteiger partial charge in [0.1, 0.15) is 0 Å². The van der Waals surface area contributed by atoms with E-state index >= 15 is 0 Å². The molecule has 1 amide bonds. The number of benzene rings is 1. The molecule has 4 nitrogen and oxygen atoms in total. The lowest BCUT2D eigenvalue weighted by Crippen LogP contribution is -2.51. The average Bonchev–Trinajstić information content (AvgIpc) is 2.44. The Bertz CT molecular complexity index is 511. The van der Waals surface area contributed by atoms with Crippen LogP contribution in [0.1, 0.15) is 26.3 Å². The van der Waals surface area contributed by atoms with Crippen LogP contribution in [0.5, 0.6) is 0 Å². The molecule has 116 valence electrons. The molecule has 0 saturated carbocycles. The molecular formula is C17H27N3O. The van der Waals surface area contributed by atoms with Gasteiger partial charge in [-0.3, -0.25) is 4.79 Å². The minimum absolute atomic E-state index is 0.0159. The second kappa shape index (κ2) is 6.06. The molecule has 2 N–H and O–H groups in total. The van der Waals surface area contributed by atoms with Gasteiger partial charge in [0.15, 0.2) is 0 Å². The van der Waals surface area contributed by atoms with E-state index in [-0.39, 0.29) is 23.4 Å². The maximum Gasteiger partial charge on any atom is 0.225 e. The van der Waals surface area contributed by atoms with Gasteiger partial charge in [-0.1, -0.05) is 18.2 Å². The van der Waals surface area contributed by atoms with Crippen molar-refractivity contribution in [2.45, 2.75) is 38.8 Å². The van der Waals surface area contributed by atoms with Crippen LogP contribution in [0.3, 0.4) is 0 Å². The van der Waals surface area contributed by atoms with Crippen molar-refractivity contribution in [3.05, 3.63) is 29.8 Å². The second-order valence-electron chi connectivity index (χ2n) is 6.83. The fourth-order valence-electron chi connectivity index (χ4n) is 2.51. The van der Waals surface area contributed by atoms with Crippen molar-refractivity contribution in [2.24, 2.45) is 5.92 Å². The van der Waals surface area contributed by atoms with E-state index in [0.717, 1.165) is 12.1 Å². The standard InChI is InChI=1S/C17H27N3O/c1-12-14(10-13-8-6-7-9-15(13)19-12)16(21)18-11-17(2,3)20(4)5/h6-9,12,14,19H,10-11H2,1-5H3,(H,18,21). The molecule has 1 heterocycles. The lowest BCUT2D eigenvalue weighted by molar-refractivity contribution is -0.125. The Labute approximate surface area is 127 Å². The Morgan fingerprint density at radius 3 is 2.71 bits per heavy atom. The maximum absolute atomic E-state index is 12.5. The number of hydrogen-bond acceptors (Lipinski definition) is 3. The van der Waals surface area contributed by atoms with Crippen LogP contribution in [0.2, 0.25) is 0 Å². The van der Waals surface area contributed by atoms with Crippen LogP contribution < -0.4 is 10.6 Å². The molecule has 21 heavy (non-hydrogen) atoms. The first-order valence-corrected chi connectivity index (χ1v) is 7.61. The second-order valence-corrected chi connectivity index (χ2v) is 6.83. The van der Waals surface area contributed by atoms with E-state index in [4.69, 9.17) is 0 Å². The summed E-state index contributed by atoms with van der Waals surface area (Å²) in [6.45, 7) is 7.00. The summed E-state index contributed by atoms with van der Waals surface area (Å²) in [6, 6.07) is 8.38. The summed E-state index contributed by atoms with van der Waals surface area (Å²) in [5, 5.41) is 6.55. The molecule has 1 aliphatic rings. The van der Waals surface area contributed by atoms with Gasteiger partial charge in [0.25, 0.3) is 0 Å². The number of amides is 1. The Hall–Kier alpha value is -1.55. The normalized spacial score (nSPS) is 21.6. The Kier molecular flexibility index (Phi) is 4.57. The highest BCUT2D eigenvalue weighted by Crippen LogP contribution is 2.28. The molecule has 2 rings (SSSR count). The van der Waals surface area contributed by atoms with Crippen molar-refractivity contribution in [1.29, 1.82) is 0 Å². The van der Waals surface area contributed by atoms with E-state index in [1.54, 1.807) is 0 Å². The predicted molar refractivity (Wildman–Crippen MR) is 87.5 cm³/mol. The van der Waals surface area contributed by atoms with Gasteiger partial charge in [-0.25, -0.2) is 0 Å². The molecule has 2 atom stereocenters. The monoisotopic (exact) mass is 289 g/mol. The van der Waals surface area contributed by atoms with Gasteiger partial charge < -0.3 is 15.5 Å². The third-order valence-electron chi connectivity index (χ3n) is 4.69. The molecule has 0 spiro atoms.